The molecule has 0 saturated carbocycles. The number of nitrogen functional groups attached to an aromatic ring is 1. The van der Waals surface area contributed by atoms with Crippen LogP contribution in [0, 0.1) is 0 Å². The molecule has 1 aromatic carbocycles. The second-order valence-corrected chi connectivity index (χ2v) is 6.29. The van der Waals surface area contributed by atoms with E-state index in [4.69, 9.17) is 5.73 Å². The molecule has 0 aliphatic rings. The molecule has 3 nitrogen and oxygen atoms in total. The molecule has 0 fully saturated rings. The van der Waals surface area contributed by atoms with E-state index in [1.54, 1.807) is 17.5 Å². The quantitative estimate of drug-likeness (QED) is 0.764. The third-order valence-corrected chi connectivity index (χ3v) is 4.42. The number of halogens is 1. The predicted molar refractivity (Wildman–Crippen MR) is 82.9 cm³/mol. The molecular formula is C14H10BrN3S. The molecule has 3 aromatic rings. The van der Waals surface area contributed by atoms with Crippen LogP contribution in [0.4, 0.5) is 5.82 Å². The van der Waals surface area contributed by atoms with Gasteiger partial charge in [-0.05, 0) is 28.1 Å². The Morgan fingerprint density at radius 2 is 1.84 bits per heavy atom. The van der Waals surface area contributed by atoms with Crippen LogP contribution in [0.5, 0.6) is 0 Å². The van der Waals surface area contributed by atoms with Gasteiger partial charge in [-0.3, -0.25) is 0 Å². The molecule has 0 radical (unpaired) electrons. The topological polar surface area (TPSA) is 51.8 Å². The average Bonchev–Trinajstić information content (AvgIpc) is 2.82. The smallest absolute Gasteiger partial charge is 0.125 e. The van der Waals surface area contributed by atoms with Crippen molar-refractivity contribution in [2.45, 2.75) is 0 Å². The van der Waals surface area contributed by atoms with Gasteiger partial charge in [-0.1, -0.05) is 30.3 Å². The van der Waals surface area contributed by atoms with Crippen LogP contribution in [0.25, 0.3) is 21.8 Å². The minimum absolute atomic E-state index is 0.499. The summed E-state index contributed by atoms with van der Waals surface area (Å²) in [5.74, 6) is 0.499. The van der Waals surface area contributed by atoms with E-state index in [0.29, 0.717) is 5.82 Å². The normalized spacial score (nSPS) is 10.6. The van der Waals surface area contributed by atoms with Gasteiger partial charge in [-0.25, -0.2) is 9.97 Å². The van der Waals surface area contributed by atoms with Crippen molar-refractivity contribution in [3.05, 3.63) is 52.4 Å². The third-order valence-electron chi connectivity index (χ3n) is 2.66. The lowest BCUT2D eigenvalue weighted by molar-refractivity contribution is 1.32. The van der Waals surface area contributed by atoms with Gasteiger partial charge in [-0.15, -0.1) is 11.3 Å². The van der Waals surface area contributed by atoms with Crippen molar-refractivity contribution in [1.29, 1.82) is 0 Å². The van der Waals surface area contributed by atoms with Crippen LogP contribution in [-0.4, -0.2) is 9.97 Å². The van der Waals surface area contributed by atoms with Crippen molar-refractivity contribution < 1.29 is 0 Å². The van der Waals surface area contributed by atoms with Crippen LogP contribution in [0.1, 0.15) is 0 Å². The molecule has 0 bridgehead atoms. The number of hydrogen-bond donors (Lipinski definition) is 1. The molecule has 0 spiro atoms. The molecule has 0 aliphatic carbocycles. The largest absolute Gasteiger partial charge is 0.384 e. The van der Waals surface area contributed by atoms with Crippen molar-refractivity contribution in [2.75, 3.05) is 5.73 Å². The van der Waals surface area contributed by atoms with Crippen molar-refractivity contribution in [3.63, 3.8) is 0 Å². The Morgan fingerprint density at radius 3 is 2.58 bits per heavy atom. The van der Waals surface area contributed by atoms with Crippen molar-refractivity contribution in [3.8, 4) is 21.8 Å². The summed E-state index contributed by atoms with van der Waals surface area (Å²) in [5.41, 5.74) is 8.70. The van der Waals surface area contributed by atoms with Crippen LogP contribution in [0.3, 0.4) is 0 Å². The number of benzene rings is 1. The lowest BCUT2D eigenvalue weighted by Gasteiger charge is -1.98. The molecule has 0 aliphatic heterocycles. The Kier molecular flexibility index (Phi) is 3.31. The van der Waals surface area contributed by atoms with Gasteiger partial charge in [0.2, 0.25) is 0 Å². The van der Waals surface area contributed by atoms with E-state index in [-0.39, 0.29) is 0 Å². The van der Waals surface area contributed by atoms with Gasteiger partial charge in [-0.2, -0.15) is 0 Å². The van der Waals surface area contributed by atoms with E-state index in [1.165, 1.54) is 0 Å². The highest BCUT2D eigenvalue weighted by Crippen LogP contribution is 2.37. The van der Waals surface area contributed by atoms with Crippen molar-refractivity contribution in [1.82, 2.24) is 9.97 Å². The summed E-state index contributed by atoms with van der Waals surface area (Å²) in [6.07, 6.45) is 1.69. The molecule has 0 atom stereocenters. The SMILES string of the molecule is Nc1cc(-c2nc(-c3ccccc3)sc2Br)ccn1. The zero-order chi connectivity index (χ0) is 13.2. The summed E-state index contributed by atoms with van der Waals surface area (Å²) in [7, 11) is 0. The van der Waals surface area contributed by atoms with Crippen LogP contribution in [0.15, 0.2) is 52.4 Å². The number of rotatable bonds is 2. The minimum Gasteiger partial charge on any atom is -0.384 e. The summed E-state index contributed by atoms with van der Waals surface area (Å²) >= 11 is 5.18. The fraction of sp³-hybridized carbons (Fsp3) is 0. The van der Waals surface area contributed by atoms with E-state index in [9.17, 15) is 0 Å². The summed E-state index contributed by atoms with van der Waals surface area (Å²) in [6.45, 7) is 0. The molecule has 5 heteroatoms. The van der Waals surface area contributed by atoms with Crippen LogP contribution in [-0.2, 0) is 0 Å². The number of hydrogen-bond acceptors (Lipinski definition) is 4. The molecule has 0 amide bonds. The summed E-state index contributed by atoms with van der Waals surface area (Å²) in [5, 5.41) is 0.984. The molecule has 2 aromatic heterocycles. The molecule has 94 valence electrons. The second kappa shape index (κ2) is 5.11. The lowest BCUT2D eigenvalue weighted by Crippen LogP contribution is -1.89. The molecule has 19 heavy (non-hydrogen) atoms. The van der Waals surface area contributed by atoms with Crippen LogP contribution in [0.2, 0.25) is 0 Å². The van der Waals surface area contributed by atoms with Gasteiger partial charge in [0.05, 0.1) is 9.48 Å². The van der Waals surface area contributed by atoms with Crippen LogP contribution < -0.4 is 5.73 Å². The van der Waals surface area contributed by atoms with Crippen molar-refractivity contribution >= 4 is 33.1 Å². The Labute approximate surface area is 123 Å². The highest BCUT2D eigenvalue weighted by Gasteiger charge is 2.12. The Morgan fingerprint density at radius 1 is 1.05 bits per heavy atom. The van der Waals surface area contributed by atoms with E-state index in [2.05, 4.69) is 38.0 Å². The van der Waals surface area contributed by atoms with Gasteiger partial charge in [0.15, 0.2) is 0 Å². The first-order valence-corrected chi connectivity index (χ1v) is 7.28. The predicted octanol–water partition coefficient (Wildman–Crippen LogP) is 4.22. The van der Waals surface area contributed by atoms with E-state index in [1.807, 2.05) is 30.3 Å². The van der Waals surface area contributed by atoms with E-state index in [0.717, 1.165) is 25.6 Å². The fourth-order valence-corrected chi connectivity index (χ4v) is 3.38. The Hall–Kier alpha value is -1.72. The number of nitrogens with two attached hydrogens (primary N) is 1. The molecular weight excluding hydrogens is 322 g/mol. The fourth-order valence-electron chi connectivity index (χ4n) is 1.78. The minimum atomic E-state index is 0.499. The standard InChI is InChI=1S/C14H10BrN3S/c15-13-12(10-6-7-17-11(16)8-10)18-14(19-13)9-4-2-1-3-5-9/h1-8H,(H2,16,17). The first-order chi connectivity index (χ1) is 9.24. The number of anilines is 1. The number of aromatic nitrogens is 2. The Bertz CT molecular complexity index is 710. The second-order valence-electron chi connectivity index (χ2n) is 3.98. The van der Waals surface area contributed by atoms with Crippen LogP contribution >= 0.6 is 27.3 Å². The van der Waals surface area contributed by atoms with Gasteiger partial charge in [0.25, 0.3) is 0 Å². The monoisotopic (exact) mass is 331 g/mol. The maximum absolute atomic E-state index is 5.71. The zero-order valence-electron chi connectivity index (χ0n) is 9.88. The molecule has 2 heterocycles. The summed E-state index contributed by atoms with van der Waals surface area (Å²) < 4.78 is 0.997. The lowest BCUT2D eigenvalue weighted by atomic mass is 10.2. The van der Waals surface area contributed by atoms with E-state index < -0.39 is 0 Å². The van der Waals surface area contributed by atoms with Gasteiger partial charge in [0, 0.05) is 17.3 Å². The Balaban J connectivity index is 2.08. The molecule has 3 rings (SSSR count). The third kappa shape index (κ3) is 2.52. The number of nitrogens with zero attached hydrogens (tertiary/aromatic N) is 2. The first-order valence-electron chi connectivity index (χ1n) is 5.67. The van der Waals surface area contributed by atoms with E-state index >= 15 is 0 Å². The number of pyridine rings is 1. The highest BCUT2D eigenvalue weighted by molar-refractivity contribution is 9.11. The summed E-state index contributed by atoms with van der Waals surface area (Å²) in [6, 6.07) is 13.9. The van der Waals surface area contributed by atoms with Gasteiger partial charge in [0.1, 0.15) is 10.8 Å². The van der Waals surface area contributed by atoms with Gasteiger partial charge >= 0.3 is 0 Å². The van der Waals surface area contributed by atoms with Gasteiger partial charge < -0.3 is 5.73 Å². The maximum atomic E-state index is 5.71. The summed E-state index contributed by atoms with van der Waals surface area (Å²) in [4.78, 5) is 8.68. The number of thiazole rings is 1. The maximum Gasteiger partial charge on any atom is 0.125 e. The molecule has 0 saturated heterocycles. The average molecular weight is 332 g/mol. The van der Waals surface area contributed by atoms with Crippen molar-refractivity contribution in [2.24, 2.45) is 0 Å². The zero-order valence-corrected chi connectivity index (χ0v) is 12.3. The molecule has 0 unspecified atom stereocenters. The highest BCUT2D eigenvalue weighted by atomic mass is 79.9. The molecule has 2 N–H and O–H groups in total. The first kappa shape index (κ1) is 12.3.